The molecular weight excluding hydrogens is 266 g/mol. The summed E-state index contributed by atoms with van der Waals surface area (Å²) >= 11 is 0. The smallest absolute Gasteiger partial charge is 0.240 e. The Bertz CT molecular complexity index is 486. The molecule has 3 rings (SSSR count). The molecule has 0 atom stereocenters. The van der Waals surface area contributed by atoms with Crippen LogP contribution in [0.3, 0.4) is 0 Å². The molecule has 5 nitrogen and oxygen atoms in total. The molecule has 21 heavy (non-hydrogen) atoms. The first-order chi connectivity index (χ1) is 10.3. The predicted octanol–water partition coefficient (Wildman–Crippen LogP) is 0.498. The van der Waals surface area contributed by atoms with Crippen LogP contribution in [0, 0.1) is 0 Å². The van der Waals surface area contributed by atoms with Crippen molar-refractivity contribution in [2.24, 2.45) is 0 Å². The normalized spacial score (nSPS) is 18.8. The van der Waals surface area contributed by atoms with Crippen LogP contribution in [-0.2, 0) is 16.0 Å². The van der Waals surface area contributed by atoms with Crippen molar-refractivity contribution in [2.45, 2.75) is 6.42 Å². The second-order valence-electron chi connectivity index (χ2n) is 5.55. The van der Waals surface area contributed by atoms with Crippen molar-refractivity contribution < 1.29 is 9.53 Å². The molecule has 2 heterocycles. The fourth-order valence-electron chi connectivity index (χ4n) is 2.95. The molecule has 1 N–H and O–H groups in total. The van der Waals surface area contributed by atoms with Gasteiger partial charge in [-0.3, -0.25) is 9.69 Å². The van der Waals surface area contributed by atoms with E-state index >= 15 is 0 Å². The van der Waals surface area contributed by atoms with Gasteiger partial charge in [-0.15, -0.1) is 0 Å². The Hall–Kier alpha value is -1.43. The van der Waals surface area contributed by atoms with Crippen molar-refractivity contribution in [3.05, 3.63) is 29.8 Å². The fourth-order valence-corrected chi connectivity index (χ4v) is 2.95. The van der Waals surface area contributed by atoms with Crippen LogP contribution in [0.4, 0.5) is 5.69 Å². The van der Waals surface area contributed by atoms with E-state index in [-0.39, 0.29) is 5.91 Å². The van der Waals surface area contributed by atoms with E-state index < -0.39 is 0 Å². The number of carbonyl (C=O) groups excluding carboxylic acids is 1. The molecular formula is C16H23N3O2. The summed E-state index contributed by atoms with van der Waals surface area (Å²) in [5.41, 5.74) is 2.36. The molecule has 2 aliphatic heterocycles. The maximum atomic E-state index is 12.3. The zero-order valence-corrected chi connectivity index (χ0v) is 12.4. The first kappa shape index (κ1) is 14.5. The minimum Gasteiger partial charge on any atom is -0.379 e. The van der Waals surface area contributed by atoms with Crippen molar-refractivity contribution in [3.63, 3.8) is 0 Å². The van der Waals surface area contributed by atoms with Gasteiger partial charge in [0.25, 0.3) is 0 Å². The third-order valence-electron chi connectivity index (χ3n) is 4.17. The van der Waals surface area contributed by atoms with Crippen LogP contribution in [-0.4, -0.2) is 63.3 Å². The second-order valence-corrected chi connectivity index (χ2v) is 5.55. The third-order valence-corrected chi connectivity index (χ3v) is 4.17. The molecule has 0 bridgehead atoms. The summed E-state index contributed by atoms with van der Waals surface area (Å²) in [4.78, 5) is 16.6. The third kappa shape index (κ3) is 3.61. The number of para-hydroxylation sites is 1. The molecule has 1 aromatic carbocycles. The summed E-state index contributed by atoms with van der Waals surface area (Å²) < 4.78 is 5.32. The van der Waals surface area contributed by atoms with Gasteiger partial charge in [0.15, 0.2) is 0 Å². The van der Waals surface area contributed by atoms with Gasteiger partial charge in [-0.25, -0.2) is 0 Å². The highest BCUT2D eigenvalue weighted by Gasteiger charge is 2.23. The number of ether oxygens (including phenoxy) is 1. The summed E-state index contributed by atoms with van der Waals surface area (Å²) in [5, 5.41) is 3.27. The van der Waals surface area contributed by atoms with Crippen molar-refractivity contribution in [1.29, 1.82) is 0 Å². The van der Waals surface area contributed by atoms with E-state index in [2.05, 4.69) is 16.3 Å². The van der Waals surface area contributed by atoms with Crippen molar-refractivity contribution >= 4 is 11.6 Å². The summed E-state index contributed by atoms with van der Waals surface area (Å²) in [6, 6.07) is 8.17. The Labute approximate surface area is 125 Å². The number of nitrogens with zero attached hydrogens (tertiary/aromatic N) is 2. The number of hydrogen-bond acceptors (Lipinski definition) is 4. The van der Waals surface area contributed by atoms with Crippen LogP contribution in [0.1, 0.15) is 5.56 Å². The molecule has 1 aromatic rings. The summed E-state index contributed by atoms with van der Waals surface area (Å²) in [7, 11) is 0. The topological polar surface area (TPSA) is 44.8 Å². The number of hydrogen-bond donors (Lipinski definition) is 1. The zero-order chi connectivity index (χ0) is 14.5. The summed E-state index contributed by atoms with van der Waals surface area (Å²) in [6.07, 6.45) is 0.968. The van der Waals surface area contributed by atoms with Gasteiger partial charge in [0.1, 0.15) is 0 Å². The quantitative estimate of drug-likeness (QED) is 0.802. The number of morpholine rings is 1. The monoisotopic (exact) mass is 289 g/mol. The van der Waals surface area contributed by atoms with Crippen molar-refractivity contribution in [1.82, 2.24) is 10.2 Å². The van der Waals surface area contributed by atoms with Crippen molar-refractivity contribution in [3.8, 4) is 0 Å². The van der Waals surface area contributed by atoms with Crippen LogP contribution in [0.25, 0.3) is 0 Å². The van der Waals surface area contributed by atoms with E-state index in [1.165, 1.54) is 5.56 Å². The largest absolute Gasteiger partial charge is 0.379 e. The number of nitrogens with one attached hydrogen (secondary N) is 1. The highest BCUT2D eigenvalue weighted by atomic mass is 16.5. The molecule has 1 amide bonds. The highest BCUT2D eigenvalue weighted by Crippen LogP contribution is 2.27. The lowest BCUT2D eigenvalue weighted by Crippen LogP contribution is -2.43. The zero-order valence-electron chi connectivity index (χ0n) is 12.4. The van der Waals surface area contributed by atoms with Crippen LogP contribution in [0.5, 0.6) is 0 Å². The number of anilines is 1. The SMILES string of the molecule is O=C(CNCCN1CCOCC1)N1CCc2ccccc21. The minimum absolute atomic E-state index is 0.168. The van der Waals surface area contributed by atoms with E-state index in [9.17, 15) is 4.79 Å². The van der Waals surface area contributed by atoms with Gasteiger partial charge in [-0.2, -0.15) is 0 Å². The maximum Gasteiger partial charge on any atom is 0.240 e. The van der Waals surface area contributed by atoms with Gasteiger partial charge < -0.3 is 15.0 Å². The van der Waals surface area contributed by atoms with Gasteiger partial charge >= 0.3 is 0 Å². The Morgan fingerprint density at radius 2 is 2.00 bits per heavy atom. The number of fused-ring (bicyclic) bond motifs is 1. The molecule has 114 valence electrons. The molecule has 0 aliphatic carbocycles. The molecule has 0 aromatic heterocycles. The average molecular weight is 289 g/mol. The summed E-state index contributed by atoms with van der Waals surface area (Å²) in [5.74, 6) is 0.168. The van der Waals surface area contributed by atoms with Gasteiger partial charge in [-0.05, 0) is 18.1 Å². The molecule has 1 saturated heterocycles. The standard InChI is InChI=1S/C16H23N3O2/c20-16(13-17-6-8-18-9-11-21-12-10-18)19-7-5-14-3-1-2-4-15(14)19/h1-4,17H,5-13H2. The van der Waals surface area contributed by atoms with E-state index in [1.54, 1.807) is 0 Å². The van der Waals surface area contributed by atoms with Crippen LogP contribution < -0.4 is 10.2 Å². The molecule has 5 heteroatoms. The van der Waals surface area contributed by atoms with Gasteiger partial charge in [0.05, 0.1) is 19.8 Å². The van der Waals surface area contributed by atoms with Crippen LogP contribution >= 0.6 is 0 Å². The number of carbonyl (C=O) groups is 1. The lowest BCUT2D eigenvalue weighted by atomic mass is 10.2. The predicted molar refractivity (Wildman–Crippen MR) is 82.6 cm³/mol. The Morgan fingerprint density at radius 3 is 2.86 bits per heavy atom. The number of rotatable bonds is 5. The van der Waals surface area contributed by atoms with E-state index in [1.807, 2.05) is 23.1 Å². The number of benzene rings is 1. The van der Waals surface area contributed by atoms with Gasteiger partial charge in [-0.1, -0.05) is 18.2 Å². The first-order valence-electron chi connectivity index (χ1n) is 7.74. The minimum atomic E-state index is 0.168. The van der Waals surface area contributed by atoms with Crippen LogP contribution in [0.2, 0.25) is 0 Å². The summed E-state index contributed by atoms with van der Waals surface area (Å²) in [6.45, 7) is 6.69. The molecule has 0 radical (unpaired) electrons. The molecule has 0 spiro atoms. The lowest BCUT2D eigenvalue weighted by Gasteiger charge is -2.26. The van der Waals surface area contributed by atoms with E-state index in [0.29, 0.717) is 6.54 Å². The van der Waals surface area contributed by atoms with Gasteiger partial charge in [0, 0.05) is 38.4 Å². The molecule has 0 unspecified atom stereocenters. The molecule has 2 aliphatic rings. The van der Waals surface area contributed by atoms with Crippen molar-refractivity contribution in [2.75, 3.05) is 57.4 Å². The van der Waals surface area contributed by atoms with Gasteiger partial charge in [0.2, 0.25) is 5.91 Å². The van der Waals surface area contributed by atoms with E-state index in [4.69, 9.17) is 4.74 Å². The van der Waals surface area contributed by atoms with E-state index in [0.717, 1.165) is 58.0 Å². The second kappa shape index (κ2) is 7.02. The average Bonchev–Trinajstić information content (AvgIpc) is 2.96. The Morgan fingerprint density at radius 1 is 1.19 bits per heavy atom. The molecule has 0 saturated carbocycles. The first-order valence-corrected chi connectivity index (χ1v) is 7.74. The maximum absolute atomic E-state index is 12.3. The Kier molecular flexibility index (Phi) is 4.85. The lowest BCUT2D eigenvalue weighted by molar-refractivity contribution is -0.117. The number of amides is 1. The fraction of sp³-hybridized carbons (Fsp3) is 0.562. The highest BCUT2D eigenvalue weighted by molar-refractivity contribution is 5.96. The Balaban J connectivity index is 1.41. The van der Waals surface area contributed by atoms with Crippen LogP contribution in [0.15, 0.2) is 24.3 Å². The molecule has 1 fully saturated rings.